The molecule has 0 saturated carbocycles. The summed E-state index contributed by atoms with van der Waals surface area (Å²) in [5, 5.41) is 0. The Kier molecular flexibility index (Phi) is 85.6. The average Bonchev–Trinajstić information content (AvgIpc) is 1.00. The molecule has 0 fully saturated rings. The first kappa shape index (κ1) is 16.8. The fraction of sp³-hybridized carbons (Fsp3) is 0. The zero-order valence-corrected chi connectivity index (χ0v) is 6.63. The SMILES string of the molecule is [Cr].[Ni].[S]=[Mo]. The molecule has 0 aliphatic carbocycles. The standard InChI is InChI=1S/Cr.Mo.Ni.S. The van der Waals surface area contributed by atoms with Crippen molar-refractivity contribution >= 4 is 9.82 Å². The molecule has 4 heavy (non-hydrogen) atoms. The summed E-state index contributed by atoms with van der Waals surface area (Å²) >= 11 is 1.53. The van der Waals surface area contributed by atoms with Gasteiger partial charge < -0.3 is 0 Å². The van der Waals surface area contributed by atoms with E-state index in [9.17, 15) is 0 Å². The molecule has 0 atom stereocenters. The third kappa shape index (κ3) is 9.05. The molecule has 0 unspecified atom stereocenters. The first-order valence-electron chi connectivity index (χ1n) is 0.167. The molecular formula is CrMoNiS. The molecule has 0 aromatic rings. The van der Waals surface area contributed by atoms with E-state index < -0.39 is 0 Å². The van der Waals surface area contributed by atoms with Crippen LogP contribution in [0.3, 0.4) is 0 Å². The van der Waals surface area contributed by atoms with E-state index >= 15 is 0 Å². The van der Waals surface area contributed by atoms with E-state index in [-0.39, 0.29) is 33.9 Å². The maximum absolute atomic E-state index is 4.09. The van der Waals surface area contributed by atoms with Crippen molar-refractivity contribution in [3.63, 3.8) is 0 Å². The van der Waals surface area contributed by atoms with Gasteiger partial charge in [0.25, 0.3) is 0 Å². The van der Waals surface area contributed by atoms with E-state index in [2.05, 4.69) is 9.82 Å². The van der Waals surface area contributed by atoms with Crippen molar-refractivity contribution < 1.29 is 51.8 Å². The molecule has 0 aliphatic rings. The van der Waals surface area contributed by atoms with Crippen molar-refractivity contribution in [1.29, 1.82) is 0 Å². The van der Waals surface area contributed by atoms with E-state index in [4.69, 9.17) is 0 Å². The molecular weight excluding hydrogens is 239 g/mol. The molecule has 0 aromatic carbocycles. The second-order valence-corrected chi connectivity index (χ2v) is 0. The van der Waals surface area contributed by atoms with Gasteiger partial charge in [-0.2, -0.15) is 0 Å². The zero-order valence-electron chi connectivity index (χ0n) is 1.54. The summed E-state index contributed by atoms with van der Waals surface area (Å²) in [4.78, 5) is 0. The van der Waals surface area contributed by atoms with Gasteiger partial charge in [0, 0.05) is 33.9 Å². The van der Waals surface area contributed by atoms with Gasteiger partial charge in [-0.3, -0.25) is 0 Å². The predicted octanol–water partition coefficient (Wildman–Crippen LogP) is 0.641. The summed E-state index contributed by atoms with van der Waals surface area (Å²) in [6.07, 6.45) is 0. The van der Waals surface area contributed by atoms with Crippen LogP contribution in [-0.2, 0) is 51.8 Å². The van der Waals surface area contributed by atoms with Crippen molar-refractivity contribution in [2.75, 3.05) is 0 Å². The summed E-state index contributed by atoms with van der Waals surface area (Å²) in [7, 11) is 4.09. The van der Waals surface area contributed by atoms with Crippen LogP contribution in [0.5, 0.6) is 0 Å². The molecule has 0 nitrogen and oxygen atoms in total. The van der Waals surface area contributed by atoms with Crippen LogP contribution in [0.25, 0.3) is 0 Å². The zero-order chi connectivity index (χ0) is 2.00. The Morgan fingerprint density at radius 2 is 1.25 bits per heavy atom. The van der Waals surface area contributed by atoms with Gasteiger partial charge in [-0.1, -0.05) is 0 Å². The van der Waals surface area contributed by atoms with Gasteiger partial charge in [-0.15, -0.1) is 0 Å². The summed E-state index contributed by atoms with van der Waals surface area (Å²) in [6, 6.07) is 0. The Morgan fingerprint density at radius 1 is 1.25 bits per heavy atom. The summed E-state index contributed by atoms with van der Waals surface area (Å²) < 4.78 is 0. The Balaban J connectivity index is -0.00000000500. The predicted molar refractivity (Wildman–Crippen MR) is 7.59 cm³/mol. The van der Waals surface area contributed by atoms with Gasteiger partial charge in [-0.05, 0) is 0 Å². The summed E-state index contributed by atoms with van der Waals surface area (Å²) in [5.41, 5.74) is 0. The van der Waals surface area contributed by atoms with Crippen LogP contribution in [-0.4, -0.2) is 0 Å². The molecule has 0 aromatic heterocycles. The second kappa shape index (κ2) is 20.4. The molecule has 0 amide bonds. The van der Waals surface area contributed by atoms with Crippen molar-refractivity contribution in [3.8, 4) is 0 Å². The molecule has 0 radical (unpaired) electrons. The van der Waals surface area contributed by atoms with Crippen molar-refractivity contribution in [2.24, 2.45) is 0 Å². The minimum absolute atomic E-state index is 0. The number of hydrogen-bond acceptors (Lipinski definition) is 1. The van der Waals surface area contributed by atoms with Gasteiger partial charge in [0.05, 0.1) is 0 Å². The van der Waals surface area contributed by atoms with Crippen LogP contribution in [0.4, 0.5) is 0 Å². The van der Waals surface area contributed by atoms with Crippen molar-refractivity contribution in [2.45, 2.75) is 0 Å². The first-order chi connectivity index (χ1) is 1.00. The fourth-order valence-corrected chi connectivity index (χ4v) is 0. The van der Waals surface area contributed by atoms with Gasteiger partial charge in [0.2, 0.25) is 0 Å². The normalized spacial score (nSPS) is 1.00. The molecule has 0 heterocycles. The first-order valence-corrected chi connectivity index (χ1v) is 2.96. The van der Waals surface area contributed by atoms with Gasteiger partial charge in [0.1, 0.15) is 0 Å². The Morgan fingerprint density at radius 3 is 1.25 bits per heavy atom. The second-order valence-electron chi connectivity index (χ2n) is 0. The third-order valence-corrected chi connectivity index (χ3v) is 0. The quantitative estimate of drug-likeness (QED) is 0.559. The Hall–Kier alpha value is 1.93. The van der Waals surface area contributed by atoms with Crippen LogP contribution in [0.2, 0.25) is 0 Å². The molecule has 0 aliphatic heterocycles. The third-order valence-electron chi connectivity index (χ3n) is 0. The van der Waals surface area contributed by atoms with Crippen molar-refractivity contribution in [1.82, 2.24) is 0 Å². The van der Waals surface area contributed by atoms with Gasteiger partial charge in [0.15, 0.2) is 0 Å². The molecule has 0 rings (SSSR count). The summed E-state index contributed by atoms with van der Waals surface area (Å²) in [5.74, 6) is 0. The van der Waals surface area contributed by atoms with E-state index in [1.165, 1.54) is 18.0 Å². The van der Waals surface area contributed by atoms with Crippen LogP contribution < -0.4 is 0 Å². The van der Waals surface area contributed by atoms with Crippen LogP contribution in [0.1, 0.15) is 0 Å². The van der Waals surface area contributed by atoms with E-state index in [0.29, 0.717) is 0 Å². The number of rotatable bonds is 0. The van der Waals surface area contributed by atoms with Crippen LogP contribution >= 0.6 is 9.82 Å². The van der Waals surface area contributed by atoms with Gasteiger partial charge in [-0.25, -0.2) is 0 Å². The fourth-order valence-electron chi connectivity index (χ4n) is 0. The Labute approximate surface area is 61.1 Å². The summed E-state index contributed by atoms with van der Waals surface area (Å²) in [6.45, 7) is 0. The van der Waals surface area contributed by atoms with Crippen LogP contribution in [0, 0.1) is 0 Å². The molecule has 0 spiro atoms. The minimum atomic E-state index is 0. The molecule has 4 heteroatoms. The van der Waals surface area contributed by atoms with Gasteiger partial charge >= 0.3 is 27.8 Å². The topological polar surface area (TPSA) is 0 Å². The monoisotopic (exact) mass is 240 g/mol. The van der Waals surface area contributed by atoms with Crippen LogP contribution in [0.15, 0.2) is 0 Å². The maximum atomic E-state index is 4.09. The molecule has 0 N–H and O–H groups in total. The average molecular weight is 239 g/mol. The van der Waals surface area contributed by atoms with E-state index in [1.54, 1.807) is 0 Å². The molecule has 28 valence electrons. The van der Waals surface area contributed by atoms with E-state index in [0.717, 1.165) is 0 Å². The van der Waals surface area contributed by atoms with Crippen molar-refractivity contribution in [3.05, 3.63) is 0 Å². The molecule has 0 bridgehead atoms. The molecule has 0 saturated heterocycles. The number of hydrogen-bond donors (Lipinski definition) is 0. The van der Waals surface area contributed by atoms with E-state index in [1.807, 2.05) is 0 Å². The Bertz CT molecular complexity index is 8.00.